The van der Waals surface area contributed by atoms with Crippen molar-refractivity contribution in [3.63, 3.8) is 0 Å². The number of nitrogens with one attached hydrogen (secondary N) is 2. The van der Waals surface area contributed by atoms with Crippen LogP contribution in [0.3, 0.4) is 0 Å². The van der Waals surface area contributed by atoms with Crippen LogP contribution >= 0.6 is 0 Å². The van der Waals surface area contributed by atoms with Crippen molar-refractivity contribution in [2.24, 2.45) is 0 Å². The van der Waals surface area contributed by atoms with E-state index >= 15 is 0 Å². The van der Waals surface area contributed by atoms with Crippen molar-refractivity contribution in [2.75, 3.05) is 6.54 Å². The molecule has 0 bridgehead atoms. The van der Waals surface area contributed by atoms with Gasteiger partial charge in [-0.3, -0.25) is 9.59 Å². The summed E-state index contributed by atoms with van der Waals surface area (Å²) >= 11 is 0. The van der Waals surface area contributed by atoms with Gasteiger partial charge in [0, 0.05) is 19.2 Å². The van der Waals surface area contributed by atoms with Crippen LogP contribution in [0, 0.1) is 6.92 Å². The third-order valence-corrected chi connectivity index (χ3v) is 2.73. The zero-order chi connectivity index (χ0) is 15.8. The first-order valence-electron chi connectivity index (χ1n) is 6.30. The van der Waals surface area contributed by atoms with Crippen LogP contribution in [0.1, 0.15) is 11.1 Å². The van der Waals surface area contributed by atoms with E-state index in [1.54, 1.807) is 6.92 Å². The van der Waals surface area contributed by atoms with Gasteiger partial charge >= 0.3 is 0 Å². The summed E-state index contributed by atoms with van der Waals surface area (Å²) in [5.41, 5.74) is 1.46. The molecule has 0 aliphatic carbocycles. The van der Waals surface area contributed by atoms with Crippen molar-refractivity contribution >= 4 is 11.8 Å². The smallest absolute Gasteiger partial charge is 0.243 e. The Morgan fingerprint density at radius 1 is 1.19 bits per heavy atom. The van der Waals surface area contributed by atoms with Crippen LogP contribution in [-0.4, -0.2) is 28.6 Å². The molecule has 0 aromatic heterocycles. The van der Waals surface area contributed by atoms with Gasteiger partial charge in [-0.05, 0) is 36.3 Å². The Morgan fingerprint density at radius 2 is 1.86 bits per heavy atom. The molecule has 6 nitrogen and oxygen atoms in total. The fraction of sp³-hybridized carbons (Fsp3) is 0.200. The molecule has 0 heterocycles. The Bertz CT molecular complexity index is 579. The molecule has 0 unspecified atom stereocenters. The van der Waals surface area contributed by atoms with Crippen LogP contribution in [0.25, 0.3) is 0 Å². The molecule has 0 saturated carbocycles. The van der Waals surface area contributed by atoms with Crippen molar-refractivity contribution in [1.29, 1.82) is 0 Å². The molecule has 4 N–H and O–H groups in total. The predicted molar refractivity (Wildman–Crippen MR) is 78.7 cm³/mol. The molecule has 0 fully saturated rings. The van der Waals surface area contributed by atoms with Crippen molar-refractivity contribution in [1.82, 2.24) is 10.6 Å². The van der Waals surface area contributed by atoms with Crippen LogP contribution in [0.15, 0.2) is 36.9 Å². The molecule has 21 heavy (non-hydrogen) atoms. The van der Waals surface area contributed by atoms with E-state index in [0.29, 0.717) is 5.56 Å². The van der Waals surface area contributed by atoms with Gasteiger partial charge in [-0.25, -0.2) is 0 Å². The highest BCUT2D eigenvalue weighted by Gasteiger charge is 2.06. The first-order chi connectivity index (χ1) is 9.93. The lowest BCUT2D eigenvalue weighted by molar-refractivity contribution is -0.117. The summed E-state index contributed by atoms with van der Waals surface area (Å²) in [7, 11) is 0. The zero-order valence-electron chi connectivity index (χ0n) is 11.7. The predicted octanol–water partition coefficient (Wildman–Crippen LogP) is 0.881. The SMILES string of the molecule is C=CC(=O)NC/C=C/C(=O)NCc1cc(O)c(O)cc1C. The van der Waals surface area contributed by atoms with E-state index < -0.39 is 0 Å². The highest BCUT2D eigenvalue weighted by Crippen LogP contribution is 2.27. The molecule has 1 rings (SSSR count). The highest BCUT2D eigenvalue weighted by atomic mass is 16.3. The molecule has 2 amide bonds. The minimum absolute atomic E-state index is 0.194. The molecule has 0 radical (unpaired) electrons. The maximum atomic E-state index is 11.6. The molecular weight excluding hydrogens is 272 g/mol. The van der Waals surface area contributed by atoms with Crippen LogP contribution in [0.4, 0.5) is 0 Å². The molecule has 0 aliphatic rings. The van der Waals surface area contributed by atoms with Crippen molar-refractivity contribution in [2.45, 2.75) is 13.5 Å². The van der Waals surface area contributed by atoms with Gasteiger partial charge < -0.3 is 20.8 Å². The minimum atomic E-state index is -0.324. The first-order valence-corrected chi connectivity index (χ1v) is 6.30. The average Bonchev–Trinajstić information content (AvgIpc) is 2.45. The normalized spacial score (nSPS) is 10.3. The van der Waals surface area contributed by atoms with Crippen LogP contribution in [0.2, 0.25) is 0 Å². The second-order valence-electron chi connectivity index (χ2n) is 4.34. The summed E-state index contributed by atoms with van der Waals surface area (Å²) < 4.78 is 0. The average molecular weight is 290 g/mol. The standard InChI is InChI=1S/C15H18N2O4/c1-3-14(20)16-6-4-5-15(21)17-9-11-8-13(19)12(18)7-10(11)2/h3-5,7-8,18-19H,1,6,9H2,2H3,(H,16,20)(H,17,21)/b5-4+. The Kier molecular flexibility index (Phi) is 6.00. The largest absolute Gasteiger partial charge is 0.504 e. The van der Waals surface area contributed by atoms with Gasteiger partial charge in [0.15, 0.2) is 11.5 Å². The molecule has 1 aromatic carbocycles. The number of phenols is 2. The maximum Gasteiger partial charge on any atom is 0.243 e. The van der Waals surface area contributed by atoms with E-state index in [-0.39, 0.29) is 36.4 Å². The number of phenolic OH excluding ortho intramolecular Hbond substituents is 2. The number of carbonyl (C=O) groups is 2. The lowest BCUT2D eigenvalue weighted by atomic mass is 10.1. The van der Waals surface area contributed by atoms with Gasteiger partial charge in [-0.15, -0.1) is 0 Å². The first kappa shape index (κ1) is 16.3. The van der Waals surface area contributed by atoms with Gasteiger partial charge in [0.2, 0.25) is 11.8 Å². The zero-order valence-corrected chi connectivity index (χ0v) is 11.7. The minimum Gasteiger partial charge on any atom is -0.504 e. The Balaban J connectivity index is 2.46. The molecule has 1 aromatic rings. The second-order valence-corrected chi connectivity index (χ2v) is 4.34. The molecule has 0 spiro atoms. The van der Waals surface area contributed by atoms with Crippen molar-refractivity contribution in [3.8, 4) is 11.5 Å². The number of aryl methyl sites for hydroxylation is 1. The Hall–Kier alpha value is -2.76. The highest BCUT2D eigenvalue weighted by molar-refractivity contribution is 5.88. The summed E-state index contributed by atoms with van der Waals surface area (Å²) in [5.74, 6) is -1.06. The van der Waals surface area contributed by atoms with Crippen LogP contribution < -0.4 is 10.6 Å². The summed E-state index contributed by atoms with van der Waals surface area (Å²) in [4.78, 5) is 22.4. The number of rotatable bonds is 6. The molecule has 0 atom stereocenters. The monoisotopic (exact) mass is 290 g/mol. The Labute approximate surface area is 122 Å². The summed E-state index contributed by atoms with van der Waals surface area (Å²) in [6.07, 6.45) is 3.96. The van der Waals surface area contributed by atoms with Gasteiger partial charge in [-0.2, -0.15) is 0 Å². The van der Waals surface area contributed by atoms with Crippen molar-refractivity contribution < 1.29 is 19.8 Å². The number of benzene rings is 1. The summed E-state index contributed by atoms with van der Waals surface area (Å²) in [6, 6.07) is 2.83. The van der Waals surface area contributed by atoms with E-state index in [1.807, 2.05) is 0 Å². The van der Waals surface area contributed by atoms with Crippen LogP contribution in [-0.2, 0) is 16.1 Å². The summed E-state index contributed by atoms with van der Waals surface area (Å²) in [6.45, 7) is 5.53. The van der Waals surface area contributed by atoms with E-state index in [1.165, 1.54) is 24.3 Å². The number of aromatic hydroxyl groups is 2. The van der Waals surface area contributed by atoms with E-state index in [9.17, 15) is 19.8 Å². The van der Waals surface area contributed by atoms with Gasteiger partial charge in [0.1, 0.15) is 0 Å². The third-order valence-electron chi connectivity index (χ3n) is 2.73. The lowest BCUT2D eigenvalue weighted by Crippen LogP contribution is -2.23. The van der Waals surface area contributed by atoms with E-state index in [2.05, 4.69) is 17.2 Å². The number of hydrogen-bond acceptors (Lipinski definition) is 4. The van der Waals surface area contributed by atoms with E-state index in [4.69, 9.17) is 0 Å². The fourth-order valence-corrected chi connectivity index (χ4v) is 1.55. The Morgan fingerprint density at radius 3 is 2.52 bits per heavy atom. The molecule has 0 aliphatic heterocycles. The number of hydrogen-bond donors (Lipinski definition) is 4. The molecule has 6 heteroatoms. The van der Waals surface area contributed by atoms with Gasteiger partial charge in [0.05, 0.1) is 0 Å². The fourth-order valence-electron chi connectivity index (χ4n) is 1.55. The van der Waals surface area contributed by atoms with E-state index in [0.717, 1.165) is 11.6 Å². The number of carbonyl (C=O) groups excluding carboxylic acids is 2. The molecule has 0 saturated heterocycles. The summed E-state index contributed by atoms with van der Waals surface area (Å²) in [5, 5.41) is 23.9. The third kappa shape index (κ3) is 5.40. The van der Waals surface area contributed by atoms with Gasteiger partial charge in [-0.1, -0.05) is 12.7 Å². The number of amides is 2. The van der Waals surface area contributed by atoms with Crippen molar-refractivity contribution in [3.05, 3.63) is 48.1 Å². The lowest BCUT2D eigenvalue weighted by Gasteiger charge is -2.08. The second kappa shape index (κ2) is 7.74. The topological polar surface area (TPSA) is 98.7 Å². The van der Waals surface area contributed by atoms with Crippen LogP contribution in [0.5, 0.6) is 11.5 Å². The maximum absolute atomic E-state index is 11.6. The molecular formula is C15H18N2O4. The quantitative estimate of drug-likeness (QED) is 0.462. The van der Waals surface area contributed by atoms with Gasteiger partial charge in [0.25, 0.3) is 0 Å². The molecule has 112 valence electrons.